The van der Waals surface area contributed by atoms with Crippen LogP contribution in [0.15, 0.2) is 28.4 Å². The molecule has 3 rings (SSSR count). The monoisotopic (exact) mass is 288 g/mol. The third kappa shape index (κ3) is 2.70. The zero-order chi connectivity index (χ0) is 13.9. The van der Waals surface area contributed by atoms with E-state index < -0.39 is 0 Å². The summed E-state index contributed by atoms with van der Waals surface area (Å²) in [6.45, 7) is 1.98. The summed E-state index contributed by atoms with van der Waals surface area (Å²) in [4.78, 5) is 23.0. The molecule has 0 saturated carbocycles. The first-order chi connectivity index (χ1) is 9.74. The number of aliphatic imine (C=N–C) groups is 1. The van der Waals surface area contributed by atoms with Crippen LogP contribution in [-0.2, 0) is 4.79 Å². The Labute approximate surface area is 122 Å². The van der Waals surface area contributed by atoms with Gasteiger partial charge in [-0.05, 0) is 43.2 Å². The third-order valence-electron chi connectivity index (χ3n) is 3.41. The Bertz CT molecular complexity index is 591. The van der Waals surface area contributed by atoms with E-state index in [2.05, 4.69) is 14.9 Å². The Morgan fingerprint density at radius 1 is 1.30 bits per heavy atom. The van der Waals surface area contributed by atoms with Gasteiger partial charge in [0.1, 0.15) is 0 Å². The molecule has 2 aliphatic heterocycles. The Morgan fingerprint density at radius 3 is 2.85 bits per heavy atom. The van der Waals surface area contributed by atoms with E-state index in [1.54, 1.807) is 24.5 Å². The van der Waals surface area contributed by atoms with Crippen LogP contribution in [0.1, 0.15) is 24.8 Å². The molecule has 0 spiro atoms. The van der Waals surface area contributed by atoms with Crippen molar-refractivity contribution >= 4 is 34.6 Å². The number of hydrogen-bond donors (Lipinski definition) is 1. The standard InChI is InChI=1S/C14H16N4OS/c15-11-4-5-16-9-10(11)8-12-13(19)17-14(20-12)18-6-2-1-3-7-18/h4-5,8-9H,1-3,6-7H2,(H2,15,16). The number of thioether (sulfide) groups is 1. The van der Waals surface area contributed by atoms with Gasteiger partial charge in [-0.3, -0.25) is 9.78 Å². The van der Waals surface area contributed by atoms with Crippen LogP contribution in [0.5, 0.6) is 0 Å². The molecule has 0 aromatic carbocycles. The molecule has 1 fully saturated rings. The van der Waals surface area contributed by atoms with Crippen molar-refractivity contribution in [2.75, 3.05) is 18.8 Å². The number of carbonyl (C=O) groups is 1. The van der Waals surface area contributed by atoms with E-state index in [0.29, 0.717) is 10.6 Å². The van der Waals surface area contributed by atoms with Gasteiger partial charge in [0.2, 0.25) is 0 Å². The van der Waals surface area contributed by atoms with Crippen molar-refractivity contribution in [1.82, 2.24) is 9.88 Å². The summed E-state index contributed by atoms with van der Waals surface area (Å²) < 4.78 is 0. The van der Waals surface area contributed by atoms with E-state index in [1.165, 1.54) is 31.0 Å². The second-order valence-corrected chi connectivity index (χ2v) is 5.87. The molecule has 1 amide bonds. The second kappa shape index (κ2) is 5.66. The number of nitrogen functional groups attached to an aromatic ring is 1. The van der Waals surface area contributed by atoms with Gasteiger partial charge in [0.05, 0.1) is 4.91 Å². The fourth-order valence-corrected chi connectivity index (χ4v) is 3.25. The van der Waals surface area contributed by atoms with Crippen LogP contribution in [0.4, 0.5) is 5.69 Å². The summed E-state index contributed by atoms with van der Waals surface area (Å²) in [6.07, 6.45) is 8.67. The second-order valence-electron chi connectivity index (χ2n) is 4.86. The smallest absolute Gasteiger partial charge is 0.286 e. The first kappa shape index (κ1) is 13.2. The Hall–Kier alpha value is -1.82. The molecule has 6 heteroatoms. The van der Waals surface area contributed by atoms with Gasteiger partial charge in [-0.25, -0.2) is 0 Å². The number of carbonyl (C=O) groups excluding carboxylic acids is 1. The lowest BCUT2D eigenvalue weighted by Gasteiger charge is -2.27. The van der Waals surface area contributed by atoms with Crippen LogP contribution in [0.2, 0.25) is 0 Å². The molecule has 3 heterocycles. The van der Waals surface area contributed by atoms with Gasteiger partial charge in [-0.15, -0.1) is 0 Å². The number of anilines is 1. The molecule has 0 unspecified atom stereocenters. The molecule has 0 aliphatic carbocycles. The predicted octanol–water partition coefficient (Wildman–Crippen LogP) is 2.12. The lowest BCUT2D eigenvalue weighted by molar-refractivity contribution is -0.113. The van der Waals surface area contributed by atoms with Crippen molar-refractivity contribution in [3.63, 3.8) is 0 Å². The van der Waals surface area contributed by atoms with Crippen molar-refractivity contribution in [1.29, 1.82) is 0 Å². The summed E-state index contributed by atoms with van der Waals surface area (Å²) in [5, 5.41) is 0.823. The van der Waals surface area contributed by atoms with Crippen LogP contribution in [0, 0.1) is 0 Å². The van der Waals surface area contributed by atoms with Crippen molar-refractivity contribution in [2.24, 2.45) is 4.99 Å². The molecule has 1 saturated heterocycles. The van der Waals surface area contributed by atoms with Gasteiger partial charge >= 0.3 is 0 Å². The Morgan fingerprint density at radius 2 is 2.10 bits per heavy atom. The van der Waals surface area contributed by atoms with Crippen LogP contribution in [0.3, 0.4) is 0 Å². The number of piperidine rings is 1. The number of aromatic nitrogens is 1. The van der Waals surface area contributed by atoms with Crippen LogP contribution in [-0.4, -0.2) is 34.0 Å². The van der Waals surface area contributed by atoms with Gasteiger partial charge in [0.25, 0.3) is 5.91 Å². The normalized spacial score (nSPS) is 21.4. The molecule has 0 bridgehead atoms. The highest BCUT2D eigenvalue weighted by atomic mass is 32.2. The van der Waals surface area contributed by atoms with E-state index in [4.69, 9.17) is 5.73 Å². The zero-order valence-corrected chi connectivity index (χ0v) is 11.9. The number of amides is 1. The van der Waals surface area contributed by atoms with Crippen molar-refractivity contribution in [2.45, 2.75) is 19.3 Å². The van der Waals surface area contributed by atoms with Gasteiger partial charge in [-0.2, -0.15) is 4.99 Å². The molecule has 104 valence electrons. The zero-order valence-electron chi connectivity index (χ0n) is 11.1. The number of hydrogen-bond acceptors (Lipinski definition) is 5. The molecule has 2 N–H and O–H groups in total. The maximum atomic E-state index is 12.0. The third-order valence-corrected chi connectivity index (χ3v) is 4.45. The van der Waals surface area contributed by atoms with Crippen LogP contribution in [0.25, 0.3) is 6.08 Å². The van der Waals surface area contributed by atoms with Crippen LogP contribution < -0.4 is 5.73 Å². The number of amidine groups is 1. The number of likely N-dealkylation sites (tertiary alicyclic amines) is 1. The SMILES string of the molecule is Nc1ccncc1C=C1SC(N2CCCCC2)=NC1=O. The summed E-state index contributed by atoms with van der Waals surface area (Å²) in [5.74, 6) is -0.182. The van der Waals surface area contributed by atoms with Crippen molar-refractivity contribution in [3.05, 3.63) is 28.9 Å². The van der Waals surface area contributed by atoms with Gasteiger partial charge < -0.3 is 10.6 Å². The highest BCUT2D eigenvalue weighted by Crippen LogP contribution is 2.32. The first-order valence-corrected chi connectivity index (χ1v) is 7.53. The highest BCUT2D eigenvalue weighted by Gasteiger charge is 2.26. The Kier molecular flexibility index (Phi) is 3.73. The molecule has 0 radical (unpaired) electrons. The summed E-state index contributed by atoms with van der Waals surface area (Å²) in [5.41, 5.74) is 7.25. The van der Waals surface area contributed by atoms with E-state index in [9.17, 15) is 4.79 Å². The molecular formula is C14H16N4OS. The summed E-state index contributed by atoms with van der Waals surface area (Å²) in [6, 6.07) is 1.73. The van der Waals surface area contributed by atoms with E-state index in [1.807, 2.05) is 0 Å². The molecular weight excluding hydrogens is 272 g/mol. The maximum Gasteiger partial charge on any atom is 0.286 e. The first-order valence-electron chi connectivity index (χ1n) is 6.71. The average molecular weight is 288 g/mol. The minimum Gasteiger partial charge on any atom is -0.398 e. The van der Waals surface area contributed by atoms with E-state index in [-0.39, 0.29) is 5.91 Å². The number of nitrogens with two attached hydrogens (primary N) is 1. The average Bonchev–Trinajstić information content (AvgIpc) is 2.84. The van der Waals surface area contributed by atoms with E-state index in [0.717, 1.165) is 23.8 Å². The van der Waals surface area contributed by atoms with Crippen molar-refractivity contribution in [3.8, 4) is 0 Å². The molecule has 1 aromatic rings. The maximum absolute atomic E-state index is 12.0. The van der Waals surface area contributed by atoms with E-state index >= 15 is 0 Å². The van der Waals surface area contributed by atoms with Gasteiger partial charge in [0.15, 0.2) is 5.17 Å². The minimum absolute atomic E-state index is 0.182. The highest BCUT2D eigenvalue weighted by molar-refractivity contribution is 8.18. The topological polar surface area (TPSA) is 71.6 Å². The molecule has 5 nitrogen and oxygen atoms in total. The molecule has 20 heavy (non-hydrogen) atoms. The fourth-order valence-electron chi connectivity index (χ4n) is 2.30. The molecule has 0 atom stereocenters. The fraction of sp³-hybridized carbons (Fsp3) is 0.357. The summed E-state index contributed by atoms with van der Waals surface area (Å²) in [7, 11) is 0. The van der Waals surface area contributed by atoms with Gasteiger partial charge in [-0.1, -0.05) is 0 Å². The minimum atomic E-state index is -0.182. The quantitative estimate of drug-likeness (QED) is 0.801. The predicted molar refractivity (Wildman–Crippen MR) is 82.1 cm³/mol. The Balaban J connectivity index is 1.78. The molecule has 2 aliphatic rings. The molecule has 1 aromatic heterocycles. The lowest BCUT2D eigenvalue weighted by atomic mass is 10.1. The van der Waals surface area contributed by atoms with Crippen molar-refractivity contribution < 1.29 is 4.79 Å². The summed E-state index contributed by atoms with van der Waals surface area (Å²) >= 11 is 1.43. The number of nitrogens with zero attached hydrogens (tertiary/aromatic N) is 3. The van der Waals surface area contributed by atoms with Gasteiger partial charge in [0, 0.05) is 36.7 Å². The largest absolute Gasteiger partial charge is 0.398 e. The number of rotatable bonds is 1. The lowest BCUT2D eigenvalue weighted by Crippen LogP contribution is -2.33. The number of pyridine rings is 1. The van der Waals surface area contributed by atoms with Crippen LogP contribution >= 0.6 is 11.8 Å².